The molecule has 3 heterocycles. The zero-order valence-corrected chi connectivity index (χ0v) is 19.2. The molecule has 0 radical (unpaired) electrons. The molecule has 0 aliphatic rings. The minimum Gasteiger partial charge on any atom is -0.344 e. The van der Waals surface area contributed by atoms with Crippen molar-refractivity contribution in [1.29, 1.82) is 5.26 Å². The molecule has 1 unspecified atom stereocenters. The van der Waals surface area contributed by atoms with Gasteiger partial charge in [0.15, 0.2) is 0 Å². The van der Waals surface area contributed by atoms with Crippen LogP contribution in [0.3, 0.4) is 0 Å². The van der Waals surface area contributed by atoms with Crippen LogP contribution in [0.2, 0.25) is 5.15 Å². The van der Waals surface area contributed by atoms with Crippen LogP contribution in [0.1, 0.15) is 23.0 Å². The van der Waals surface area contributed by atoms with E-state index in [0.29, 0.717) is 34.1 Å². The molecule has 35 heavy (non-hydrogen) atoms. The van der Waals surface area contributed by atoms with Gasteiger partial charge < -0.3 is 5.32 Å². The quantitative estimate of drug-likeness (QED) is 0.286. The van der Waals surface area contributed by atoms with Crippen molar-refractivity contribution >= 4 is 23.6 Å². The van der Waals surface area contributed by atoms with E-state index in [-0.39, 0.29) is 12.5 Å². The fourth-order valence-corrected chi connectivity index (χ4v) is 3.70. The third kappa shape index (κ3) is 6.37. The van der Waals surface area contributed by atoms with Crippen molar-refractivity contribution in [2.45, 2.75) is 19.0 Å². The average molecular weight is 487 g/mol. The van der Waals surface area contributed by atoms with Crippen LogP contribution in [0.4, 0.5) is 4.39 Å². The first-order chi connectivity index (χ1) is 17.0. The van der Waals surface area contributed by atoms with Gasteiger partial charge in [0, 0.05) is 41.7 Å². The first kappa shape index (κ1) is 23.8. The Balaban J connectivity index is 1.58. The number of halogens is 2. The van der Waals surface area contributed by atoms with E-state index in [9.17, 15) is 9.18 Å². The second kappa shape index (κ2) is 11.2. The summed E-state index contributed by atoms with van der Waals surface area (Å²) in [6.45, 7) is 0.0228. The van der Waals surface area contributed by atoms with Crippen molar-refractivity contribution in [1.82, 2.24) is 25.1 Å². The number of benzene rings is 1. The van der Waals surface area contributed by atoms with E-state index in [2.05, 4.69) is 20.4 Å². The molecule has 9 heteroatoms. The fourth-order valence-electron chi connectivity index (χ4n) is 3.53. The first-order valence-electron chi connectivity index (χ1n) is 10.7. The van der Waals surface area contributed by atoms with E-state index >= 15 is 0 Å². The van der Waals surface area contributed by atoms with Gasteiger partial charge in [-0.3, -0.25) is 14.5 Å². The molecule has 7 nitrogen and oxygen atoms in total. The molecule has 0 bridgehead atoms. The highest BCUT2D eigenvalue weighted by molar-refractivity contribution is 6.29. The van der Waals surface area contributed by atoms with Crippen LogP contribution in [0.25, 0.3) is 17.3 Å². The molecule has 1 atom stereocenters. The second-order valence-electron chi connectivity index (χ2n) is 7.60. The van der Waals surface area contributed by atoms with Crippen LogP contribution < -0.4 is 5.32 Å². The number of aromatic nitrogens is 4. The van der Waals surface area contributed by atoms with Crippen molar-refractivity contribution in [3.8, 4) is 17.3 Å². The molecule has 1 amide bonds. The number of nitrogens with zero attached hydrogens (tertiary/aromatic N) is 5. The lowest BCUT2D eigenvalue weighted by Gasteiger charge is -2.17. The maximum absolute atomic E-state index is 13.8. The number of hydrogen-bond donors (Lipinski definition) is 1. The Kier molecular flexibility index (Phi) is 7.60. The van der Waals surface area contributed by atoms with Gasteiger partial charge in [-0.1, -0.05) is 35.9 Å². The van der Waals surface area contributed by atoms with E-state index in [1.165, 1.54) is 22.9 Å². The second-order valence-corrected chi connectivity index (χ2v) is 7.99. The van der Waals surface area contributed by atoms with E-state index in [1.807, 2.05) is 24.3 Å². The highest BCUT2D eigenvalue weighted by Gasteiger charge is 2.17. The summed E-state index contributed by atoms with van der Waals surface area (Å²) in [5, 5.41) is 16.7. The number of amides is 1. The van der Waals surface area contributed by atoms with Crippen molar-refractivity contribution in [3.63, 3.8) is 0 Å². The lowest BCUT2D eigenvalue weighted by Crippen LogP contribution is -2.29. The van der Waals surface area contributed by atoms with Gasteiger partial charge in [0.1, 0.15) is 17.5 Å². The normalized spacial score (nSPS) is 11.8. The Morgan fingerprint density at radius 1 is 1.20 bits per heavy atom. The van der Waals surface area contributed by atoms with Crippen LogP contribution in [-0.2, 0) is 17.8 Å². The Bertz CT molecular complexity index is 1400. The predicted molar refractivity (Wildman–Crippen MR) is 130 cm³/mol. The maximum atomic E-state index is 13.8. The highest BCUT2D eigenvalue weighted by atomic mass is 35.5. The first-order valence-corrected chi connectivity index (χ1v) is 11.1. The SMILES string of the molecule is N#CCn1cc(C=CC(=O)NC(Cc2ccccn2)c2cccc(Cl)n2)c(-c2cccc(F)c2)n1. The zero-order chi connectivity index (χ0) is 24.6. The Hall–Kier alpha value is -4.35. The summed E-state index contributed by atoms with van der Waals surface area (Å²) >= 11 is 6.07. The summed E-state index contributed by atoms with van der Waals surface area (Å²) in [6, 6.07) is 18.3. The predicted octanol–water partition coefficient (Wildman–Crippen LogP) is 4.77. The molecule has 0 fully saturated rings. The van der Waals surface area contributed by atoms with Gasteiger partial charge in [0.05, 0.1) is 23.5 Å². The van der Waals surface area contributed by atoms with Gasteiger partial charge >= 0.3 is 0 Å². The largest absolute Gasteiger partial charge is 0.344 e. The maximum Gasteiger partial charge on any atom is 0.244 e. The molecule has 0 aliphatic heterocycles. The highest BCUT2D eigenvalue weighted by Crippen LogP contribution is 2.24. The van der Waals surface area contributed by atoms with E-state index < -0.39 is 11.9 Å². The Morgan fingerprint density at radius 2 is 2.06 bits per heavy atom. The summed E-state index contributed by atoms with van der Waals surface area (Å²) in [7, 11) is 0. The molecular formula is C26H20ClFN6O. The molecule has 0 saturated carbocycles. The minimum atomic E-state index is -0.468. The number of nitrogens with one attached hydrogen (secondary N) is 1. The molecule has 1 N–H and O–H groups in total. The van der Waals surface area contributed by atoms with Gasteiger partial charge in [-0.2, -0.15) is 10.4 Å². The van der Waals surface area contributed by atoms with Crippen LogP contribution in [0.5, 0.6) is 0 Å². The van der Waals surface area contributed by atoms with Crippen molar-refractivity contribution in [2.75, 3.05) is 0 Å². The van der Waals surface area contributed by atoms with Crippen molar-refractivity contribution in [2.24, 2.45) is 0 Å². The van der Waals surface area contributed by atoms with E-state index in [1.54, 1.807) is 48.8 Å². The monoisotopic (exact) mass is 486 g/mol. The summed E-state index contributed by atoms with van der Waals surface area (Å²) in [5.74, 6) is -0.776. The average Bonchev–Trinajstić information content (AvgIpc) is 3.26. The smallest absolute Gasteiger partial charge is 0.244 e. The van der Waals surface area contributed by atoms with Gasteiger partial charge in [0.2, 0.25) is 5.91 Å². The molecular weight excluding hydrogens is 467 g/mol. The number of carbonyl (C=O) groups is 1. The number of hydrogen-bond acceptors (Lipinski definition) is 5. The zero-order valence-electron chi connectivity index (χ0n) is 18.5. The van der Waals surface area contributed by atoms with Gasteiger partial charge in [-0.25, -0.2) is 9.37 Å². The van der Waals surface area contributed by atoms with Crippen LogP contribution in [0.15, 0.2) is 79.1 Å². The molecule has 1 aromatic carbocycles. The fraction of sp³-hybridized carbons (Fsp3) is 0.115. The van der Waals surface area contributed by atoms with Crippen LogP contribution in [0, 0.1) is 17.1 Å². The number of nitriles is 1. The molecule has 0 spiro atoms. The third-order valence-electron chi connectivity index (χ3n) is 5.08. The third-order valence-corrected chi connectivity index (χ3v) is 5.30. The minimum absolute atomic E-state index is 0.0228. The molecule has 4 rings (SSSR count). The van der Waals surface area contributed by atoms with Crippen molar-refractivity contribution < 1.29 is 9.18 Å². The van der Waals surface area contributed by atoms with E-state index in [0.717, 1.165) is 5.69 Å². The number of carbonyl (C=O) groups excluding carboxylic acids is 1. The van der Waals surface area contributed by atoms with Gasteiger partial charge in [-0.05, 0) is 42.5 Å². The Labute approximate surface area is 206 Å². The molecule has 174 valence electrons. The Morgan fingerprint density at radius 3 is 2.80 bits per heavy atom. The molecule has 0 aliphatic carbocycles. The molecule has 4 aromatic rings. The number of rotatable bonds is 8. The van der Waals surface area contributed by atoms with Gasteiger partial charge in [-0.15, -0.1) is 0 Å². The summed E-state index contributed by atoms with van der Waals surface area (Å²) in [4.78, 5) is 21.6. The lowest BCUT2D eigenvalue weighted by molar-refractivity contribution is -0.117. The van der Waals surface area contributed by atoms with Crippen molar-refractivity contribution in [3.05, 3.63) is 107 Å². The van der Waals surface area contributed by atoms with Crippen LogP contribution in [-0.4, -0.2) is 25.7 Å². The van der Waals surface area contributed by atoms with Gasteiger partial charge in [0.25, 0.3) is 0 Å². The summed E-state index contributed by atoms with van der Waals surface area (Å²) in [6.07, 6.45) is 6.69. The van der Waals surface area contributed by atoms with Crippen LogP contribution >= 0.6 is 11.6 Å². The topological polar surface area (TPSA) is 96.5 Å². The summed E-state index contributed by atoms with van der Waals surface area (Å²) < 4.78 is 15.2. The number of pyridine rings is 2. The molecule has 3 aromatic heterocycles. The van der Waals surface area contributed by atoms with E-state index in [4.69, 9.17) is 16.9 Å². The lowest BCUT2D eigenvalue weighted by atomic mass is 10.1. The standard InChI is InChI=1S/C26H20ClFN6O/c27-24-9-4-8-22(31-24)23(16-21-7-1-2-13-30-21)32-25(35)11-10-19-17-34(14-12-29)33-26(19)18-5-3-6-20(28)15-18/h1-11,13,15,17,23H,14,16H2,(H,32,35). The molecule has 0 saturated heterocycles. The summed E-state index contributed by atoms with van der Waals surface area (Å²) in [5.41, 5.74) is 2.97.